The van der Waals surface area contributed by atoms with Gasteiger partial charge in [-0.15, -0.1) is 0 Å². The standard InChI is InChI=1S/C21H21N3O2/c1-4-8-23-21(25)20-16-11-17-15-10-13(26-3)5-6-18(15)24-19(17)12(2)14(16)7-9-22-20/h5-7,9-11,24H,4,8H2,1-3H3,(H,23,25). The third-order valence-electron chi connectivity index (χ3n) is 4.85. The zero-order valence-corrected chi connectivity index (χ0v) is 15.1. The highest BCUT2D eigenvalue weighted by Gasteiger charge is 2.16. The molecule has 0 aliphatic rings. The molecule has 2 heterocycles. The summed E-state index contributed by atoms with van der Waals surface area (Å²) in [7, 11) is 1.66. The van der Waals surface area contributed by atoms with E-state index >= 15 is 0 Å². The number of H-pyrrole nitrogens is 1. The largest absolute Gasteiger partial charge is 0.497 e. The molecule has 5 heteroatoms. The minimum atomic E-state index is -0.131. The average Bonchev–Trinajstić information content (AvgIpc) is 3.04. The molecular formula is C21H21N3O2. The van der Waals surface area contributed by atoms with E-state index in [1.807, 2.05) is 31.2 Å². The van der Waals surface area contributed by atoms with Gasteiger partial charge in [-0.2, -0.15) is 0 Å². The smallest absolute Gasteiger partial charge is 0.270 e. The van der Waals surface area contributed by atoms with Crippen LogP contribution in [0, 0.1) is 6.92 Å². The monoisotopic (exact) mass is 347 g/mol. The van der Waals surface area contributed by atoms with Gasteiger partial charge in [0.25, 0.3) is 5.91 Å². The Morgan fingerprint density at radius 2 is 2.00 bits per heavy atom. The number of hydrogen-bond donors (Lipinski definition) is 2. The lowest BCUT2D eigenvalue weighted by Gasteiger charge is -2.09. The summed E-state index contributed by atoms with van der Waals surface area (Å²) in [6.07, 6.45) is 2.59. The Morgan fingerprint density at radius 1 is 1.15 bits per heavy atom. The lowest BCUT2D eigenvalue weighted by atomic mass is 10.00. The van der Waals surface area contributed by atoms with E-state index in [-0.39, 0.29) is 5.91 Å². The van der Waals surface area contributed by atoms with Gasteiger partial charge in [0.2, 0.25) is 0 Å². The van der Waals surface area contributed by atoms with Gasteiger partial charge < -0.3 is 15.0 Å². The van der Waals surface area contributed by atoms with Crippen LogP contribution in [0.1, 0.15) is 29.4 Å². The molecule has 0 fully saturated rings. The fraction of sp³-hybridized carbons (Fsp3) is 0.238. The SMILES string of the molecule is CCCNC(=O)c1nccc2c(C)c3[nH]c4ccc(OC)cc4c3cc12. The van der Waals surface area contributed by atoms with Crippen LogP contribution in [0.2, 0.25) is 0 Å². The highest BCUT2D eigenvalue weighted by atomic mass is 16.5. The quantitative estimate of drug-likeness (QED) is 0.577. The van der Waals surface area contributed by atoms with Crippen molar-refractivity contribution in [3.05, 3.63) is 47.8 Å². The number of pyridine rings is 1. The molecule has 0 saturated heterocycles. The van der Waals surface area contributed by atoms with Crippen LogP contribution < -0.4 is 10.1 Å². The van der Waals surface area contributed by atoms with E-state index in [4.69, 9.17) is 4.74 Å². The van der Waals surface area contributed by atoms with Crippen molar-refractivity contribution in [2.75, 3.05) is 13.7 Å². The molecule has 2 N–H and O–H groups in total. The zero-order valence-electron chi connectivity index (χ0n) is 15.1. The van der Waals surface area contributed by atoms with Crippen molar-refractivity contribution in [3.63, 3.8) is 0 Å². The molecule has 4 aromatic rings. The van der Waals surface area contributed by atoms with E-state index in [0.717, 1.165) is 50.3 Å². The van der Waals surface area contributed by atoms with Gasteiger partial charge >= 0.3 is 0 Å². The maximum atomic E-state index is 12.6. The number of rotatable bonds is 4. The lowest BCUT2D eigenvalue weighted by Crippen LogP contribution is -2.25. The van der Waals surface area contributed by atoms with Gasteiger partial charge in [-0.05, 0) is 54.6 Å². The predicted octanol–water partition coefficient (Wildman–Crippen LogP) is 4.33. The fourth-order valence-corrected chi connectivity index (χ4v) is 3.49. The number of carbonyl (C=O) groups is 1. The highest BCUT2D eigenvalue weighted by molar-refractivity contribution is 6.17. The lowest BCUT2D eigenvalue weighted by molar-refractivity contribution is 0.0950. The summed E-state index contributed by atoms with van der Waals surface area (Å²) in [5, 5.41) is 6.98. The first-order valence-corrected chi connectivity index (χ1v) is 8.80. The summed E-state index contributed by atoms with van der Waals surface area (Å²) in [4.78, 5) is 20.4. The van der Waals surface area contributed by atoms with Gasteiger partial charge in [-0.3, -0.25) is 9.78 Å². The summed E-state index contributed by atoms with van der Waals surface area (Å²) in [5.41, 5.74) is 3.70. The predicted molar refractivity (Wildman–Crippen MR) is 105 cm³/mol. The minimum Gasteiger partial charge on any atom is -0.497 e. The third kappa shape index (κ3) is 2.47. The maximum absolute atomic E-state index is 12.6. The number of methoxy groups -OCH3 is 1. The molecule has 0 aliphatic heterocycles. The van der Waals surface area contributed by atoms with Gasteiger partial charge in [0.15, 0.2) is 0 Å². The molecule has 2 aromatic heterocycles. The molecule has 0 bridgehead atoms. The van der Waals surface area contributed by atoms with Crippen LogP contribution >= 0.6 is 0 Å². The second-order valence-electron chi connectivity index (χ2n) is 6.47. The Hall–Kier alpha value is -3.08. The number of carbonyl (C=O) groups excluding carboxylic acids is 1. The first-order valence-electron chi connectivity index (χ1n) is 8.80. The molecule has 0 spiro atoms. The van der Waals surface area contributed by atoms with Crippen molar-refractivity contribution in [1.29, 1.82) is 0 Å². The van der Waals surface area contributed by atoms with Gasteiger partial charge in [0.05, 0.1) is 12.6 Å². The van der Waals surface area contributed by atoms with Crippen LogP contribution in [0.15, 0.2) is 36.5 Å². The third-order valence-corrected chi connectivity index (χ3v) is 4.85. The van der Waals surface area contributed by atoms with Crippen LogP contribution in [0.3, 0.4) is 0 Å². The van der Waals surface area contributed by atoms with Crippen molar-refractivity contribution >= 4 is 38.5 Å². The van der Waals surface area contributed by atoms with E-state index in [1.165, 1.54) is 0 Å². The Balaban J connectivity index is 2.03. The first-order chi connectivity index (χ1) is 12.6. The molecule has 1 amide bonds. The van der Waals surface area contributed by atoms with E-state index in [1.54, 1.807) is 13.3 Å². The molecule has 0 radical (unpaired) electrons. The minimum absolute atomic E-state index is 0.131. The number of amides is 1. The van der Waals surface area contributed by atoms with E-state index in [9.17, 15) is 4.79 Å². The van der Waals surface area contributed by atoms with Crippen molar-refractivity contribution in [1.82, 2.24) is 15.3 Å². The molecule has 0 atom stereocenters. The van der Waals surface area contributed by atoms with Gasteiger partial charge in [0.1, 0.15) is 11.4 Å². The number of fused-ring (bicyclic) bond motifs is 4. The molecular weight excluding hydrogens is 326 g/mol. The Bertz CT molecular complexity index is 1140. The number of aryl methyl sites for hydroxylation is 1. The maximum Gasteiger partial charge on any atom is 0.270 e. The summed E-state index contributed by atoms with van der Waals surface area (Å²) in [5.74, 6) is 0.678. The molecule has 2 aromatic carbocycles. The normalized spacial score (nSPS) is 11.3. The van der Waals surface area contributed by atoms with Crippen molar-refractivity contribution in [2.24, 2.45) is 0 Å². The zero-order chi connectivity index (χ0) is 18.3. The van der Waals surface area contributed by atoms with Gasteiger partial charge in [-0.1, -0.05) is 6.92 Å². The van der Waals surface area contributed by atoms with E-state index in [0.29, 0.717) is 12.2 Å². The number of ether oxygens (including phenoxy) is 1. The summed E-state index contributed by atoms with van der Waals surface area (Å²) in [6, 6.07) is 10.0. The molecule has 26 heavy (non-hydrogen) atoms. The molecule has 4 rings (SSSR count). The highest BCUT2D eigenvalue weighted by Crippen LogP contribution is 2.35. The Kier molecular flexibility index (Phi) is 3.99. The second kappa shape index (κ2) is 6.33. The Morgan fingerprint density at radius 3 is 2.77 bits per heavy atom. The van der Waals surface area contributed by atoms with Gasteiger partial charge in [0, 0.05) is 34.4 Å². The number of aromatic nitrogens is 2. The first kappa shape index (κ1) is 16.4. The van der Waals surface area contributed by atoms with Crippen molar-refractivity contribution < 1.29 is 9.53 Å². The Labute approximate surface area is 151 Å². The number of nitrogens with one attached hydrogen (secondary N) is 2. The van der Waals surface area contributed by atoms with Crippen LogP contribution in [0.25, 0.3) is 32.6 Å². The summed E-state index contributed by atoms with van der Waals surface area (Å²) >= 11 is 0. The van der Waals surface area contributed by atoms with Crippen LogP contribution in [-0.2, 0) is 0 Å². The fourth-order valence-electron chi connectivity index (χ4n) is 3.49. The number of benzene rings is 2. The summed E-state index contributed by atoms with van der Waals surface area (Å²) < 4.78 is 5.37. The molecule has 0 unspecified atom stereocenters. The molecule has 5 nitrogen and oxygen atoms in total. The average molecular weight is 347 g/mol. The molecule has 132 valence electrons. The second-order valence-corrected chi connectivity index (χ2v) is 6.47. The molecule has 0 saturated carbocycles. The van der Waals surface area contributed by atoms with E-state index < -0.39 is 0 Å². The van der Waals surface area contributed by atoms with Crippen LogP contribution in [0.5, 0.6) is 5.75 Å². The van der Waals surface area contributed by atoms with Crippen molar-refractivity contribution in [2.45, 2.75) is 20.3 Å². The van der Waals surface area contributed by atoms with Crippen molar-refractivity contribution in [3.8, 4) is 5.75 Å². The van der Waals surface area contributed by atoms with Gasteiger partial charge in [-0.25, -0.2) is 0 Å². The number of nitrogens with zero attached hydrogens (tertiary/aromatic N) is 1. The van der Waals surface area contributed by atoms with Crippen LogP contribution in [-0.4, -0.2) is 29.5 Å². The van der Waals surface area contributed by atoms with E-state index in [2.05, 4.69) is 28.3 Å². The topological polar surface area (TPSA) is 67.0 Å². The number of aromatic amines is 1. The summed E-state index contributed by atoms with van der Waals surface area (Å²) in [6.45, 7) is 4.75. The van der Waals surface area contributed by atoms with Crippen LogP contribution in [0.4, 0.5) is 0 Å². The number of hydrogen-bond acceptors (Lipinski definition) is 3. The molecule has 0 aliphatic carbocycles.